The Kier molecular flexibility index (Phi) is 60.6. The number of rotatable bonds is 69. The first-order valence-electron chi connectivity index (χ1n) is 36.9. The van der Waals surface area contributed by atoms with Crippen molar-refractivity contribution in [2.75, 3.05) is 39.6 Å². The molecular formula is C71H138O17P2. The van der Waals surface area contributed by atoms with Crippen LogP contribution < -0.4 is 0 Å². The van der Waals surface area contributed by atoms with Crippen LogP contribution in [0, 0.1) is 17.8 Å². The SMILES string of the molecule is CCCCCCCCCCCC(=O)OC[C@H](COP(=O)(O)OC[C@H](O)COP(=O)(O)OC[C@@H](COC(=O)CCCCCCCCCCCCC(C)C)OC(=O)CCCCCCCCCCCCCCCCCC(C)C)OC(=O)CCCCCCCCC(C)CC. The Labute approximate surface area is 549 Å². The van der Waals surface area contributed by atoms with Gasteiger partial charge in [-0.05, 0) is 43.4 Å². The lowest BCUT2D eigenvalue weighted by atomic mass is 10.00. The quantitative estimate of drug-likeness (QED) is 0.0222. The minimum absolute atomic E-state index is 0.103. The molecular weight excluding hydrogens is 1190 g/mol. The molecule has 0 spiro atoms. The van der Waals surface area contributed by atoms with Gasteiger partial charge in [0.05, 0.1) is 26.4 Å². The number of aliphatic hydroxyl groups is 1. The second-order valence-electron chi connectivity index (χ2n) is 26.8. The maximum Gasteiger partial charge on any atom is 0.472 e. The Hall–Kier alpha value is -1.94. The first-order valence-corrected chi connectivity index (χ1v) is 39.9. The average Bonchev–Trinajstić information content (AvgIpc) is 2.96. The predicted octanol–water partition coefficient (Wildman–Crippen LogP) is 20.2. The highest BCUT2D eigenvalue weighted by atomic mass is 31.2. The molecule has 534 valence electrons. The van der Waals surface area contributed by atoms with Gasteiger partial charge in [0, 0.05) is 25.7 Å². The minimum Gasteiger partial charge on any atom is -0.462 e. The van der Waals surface area contributed by atoms with Gasteiger partial charge in [0.2, 0.25) is 0 Å². The Morgan fingerprint density at radius 3 is 0.844 bits per heavy atom. The third-order valence-electron chi connectivity index (χ3n) is 16.7. The van der Waals surface area contributed by atoms with Crippen molar-refractivity contribution in [1.29, 1.82) is 0 Å². The van der Waals surface area contributed by atoms with Crippen LogP contribution in [0.15, 0.2) is 0 Å². The molecule has 0 aromatic rings. The van der Waals surface area contributed by atoms with Crippen molar-refractivity contribution < 1.29 is 80.2 Å². The highest BCUT2D eigenvalue weighted by Crippen LogP contribution is 2.45. The number of phosphoric ester groups is 2. The lowest BCUT2D eigenvalue weighted by molar-refractivity contribution is -0.161. The number of phosphoric acid groups is 2. The van der Waals surface area contributed by atoms with Crippen LogP contribution in [-0.2, 0) is 65.4 Å². The van der Waals surface area contributed by atoms with Crippen LogP contribution in [0.1, 0.15) is 357 Å². The first-order chi connectivity index (χ1) is 43.3. The van der Waals surface area contributed by atoms with Crippen LogP contribution >= 0.6 is 15.6 Å². The fourth-order valence-corrected chi connectivity index (χ4v) is 12.3. The number of esters is 4. The van der Waals surface area contributed by atoms with Crippen LogP contribution in [0.4, 0.5) is 0 Å². The van der Waals surface area contributed by atoms with Gasteiger partial charge in [-0.1, -0.05) is 305 Å². The van der Waals surface area contributed by atoms with Gasteiger partial charge in [-0.25, -0.2) is 9.13 Å². The number of ether oxygens (including phenoxy) is 4. The van der Waals surface area contributed by atoms with E-state index in [1.807, 2.05) is 0 Å². The fraction of sp³-hybridized carbons (Fsp3) is 0.944. The number of hydrogen-bond donors (Lipinski definition) is 3. The zero-order valence-corrected chi connectivity index (χ0v) is 60.4. The second kappa shape index (κ2) is 61.9. The molecule has 6 atom stereocenters. The van der Waals surface area contributed by atoms with Crippen LogP contribution in [0.3, 0.4) is 0 Å². The zero-order chi connectivity index (χ0) is 66.6. The summed E-state index contributed by atoms with van der Waals surface area (Å²) in [6.07, 6.45) is 45.9. The third-order valence-corrected chi connectivity index (χ3v) is 18.6. The Balaban J connectivity index is 5.22. The van der Waals surface area contributed by atoms with E-state index < -0.39 is 97.5 Å². The van der Waals surface area contributed by atoms with Gasteiger partial charge < -0.3 is 33.8 Å². The molecule has 0 aliphatic carbocycles. The molecule has 0 aliphatic rings. The summed E-state index contributed by atoms with van der Waals surface area (Å²) >= 11 is 0. The topological polar surface area (TPSA) is 237 Å². The smallest absolute Gasteiger partial charge is 0.462 e. The van der Waals surface area contributed by atoms with Crippen LogP contribution in [-0.4, -0.2) is 96.7 Å². The molecule has 0 fully saturated rings. The van der Waals surface area contributed by atoms with Crippen molar-refractivity contribution in [3.8, 4) is 0 Å². The molecule has 3 unspecified atom stereocenters. The molecule has 0 bridgehead atoms. The third kappa shape index (κ3) is 63.5. The van der Waals surface area contributed by atoms with Crippen molar-refractivity contribution in [3.05, 3.63) is 0 Å². The second-order valence-corrected chi connectivity index (χ2v) is 29.7. The highest BCUT2D eigenvalue weighted by molar-refractivity contribution is 7.47. The van der Waals surface area contributed by atoms with E-state index in [0.29, 0.717) is 25.7 Å². The lowest BCUT2D eigenvalue weighted by Gasteiger charge is -2.21. The maximum atomic E-state index is 13.0. The zero-order valence-electron chi connectivity index (χ0n) is 58.6. The van der Waals surface area contributed by atoms with Crippen molar-refractivity contribution in [3.63, 3.8) is 0 Å². The van der Waals surface area contributed by atoms with Gasteiger partial charge in [0.15, 0.2) is 12.2 Å². The number of hydrogen-bond acceptors (Lipinski definition) is 15. The predicted molar refractivity (Wildman–Crippen MR) is 363 cm³/mol. The standard InChI is InChI=1S/C71H138O17P2/c1-8-10-11-12-13-23-30-38-45-52-68(73)81-59-67(88-71(76)55-48-41-34-33-37-44-51-64(7)9-2)61-86-90(79,80)84-57-65(72)56-83-89(77,78)85-60-66(58-82-69(74)53-46-39-31-26-22-21-25-29-36-43-50-63(5)6)87-70(75)54-47-40-32-27-20-18-16-14-15-17-19-24-28-35-42-49-62(3)4/h62-67,72H,8-61H2,1-7H3,(H,77,78)(H,79,80)/t64?,65-,66-,67-/m1/s1. The molecule has 17 nitrogen and oxygen atoms in total. The average molecular weight is 1330 g/mol. The largest absolute Gasteiger partial charge is 0.472 e. The fourth-order valence-electron chi connectivity index (χ4n) is 10.7. The molecule has 0 aliphatic heterocycles. The molecule has 90 heavy (non-hydrogen) atoms. The minimum atomic E-state index is -4.95. The first kappa shape index (κ1) is 88.1. The summed E-state index contributed by atoms with van der Waals surface area (Å²) in [7, 11) is -9.90. The molecule has 0 amide bonds. The summed E-state index contributed by atoms with van der Waals surface area (Å²) in [5.41, 5.74) is 0. The van der Waals surface area contributed by atoms with E-state index >= 15 is 0 Å². The van der Waals surface area contributed by atoms with E-state index in [1.54, 1.807) is 0 Å². The lowest BCUT2D eigenvalue weighted by Crippen LogP contribution is -2.30. The van der Waals surface area contributed by atoms with Crippen LogP contribution in [0.2, 0.25) is 0 Å². The highest BCUT2D eigenvalue weighted by Gasteiger charge is 2.30. The van der Waals surface area contributed by atoms with E-state index in [0.717, 1.165) is 108 Å². The Bertz CT molecular complexity index is 1770. The van der Waals surface area contributed by atoms with Crippen LogP contribution in [0.25, 0.3) is 0 Å². The van der Waals surface area contributed by atoms with E-state index in [9.17, 15) is 43.2 Å². The summed E-state index contributed by atoms with van der Waals surface area (Å²) in [4.78, 5) is 72.5. The molecule has 0 heterocycles. The van der Waals surface area contributed by atoms with Gasteiger partial charge in [-0.3, -0.25) is 37.3 Å². The van der Waals surface area contributed by atoms with Gasteiger partial charge >= 0.3 is 39.5 Å². The Morgan fingerprint density at radius 2 is 0.567 bits per heavy atom. The summed E-state index contributed by atoms with van der Waals surface area (Å²) < 4.78 is 68.3. The maximum absolute atomic E-state index is 13.0. The number of unbranched alkanes of at least 4 members (excludes halogenated alkanes) is 36. The van der Waals surface area contributed by atoms with Crippen molar-refractivity contribution >= 4 is 39.5 Å². The van der Waals surface area contributed by atoms with E-state index in [-0.39, 0.29) is 25.7 Å². The van der Waals surface area contributed by atoms with E-state index in [4.69, 9.17) is 37.0 Å². The monoisotopic (exact) mass is 1320 g/mol. The van der Waals surface area contributed by atoms with Crippen molar-refractivity contribution in [2.45, 2.75) is 375 Å². The van der Waals surface area contributed by atoms with Gasteiger partial charge in [-0.2, -0.15) is 0 Å². The van der Waals surface area contributed by atoms with Gasteiger partial charge in [0.25, 0.3) is 0 Å². The normalized spacial score (nSPS) is 14.5. The molecule has 0 radical (unpaired) electrons. The molecule has 0 saturated carbocycles. The number of carbonyl (C=O) groups is 4. The summed E-state index contributed by atoms with van der Waals surface area (Å²) in [5, 5.41) is 10.6. The number of aliphatic hydroxyl groups excluding tert-OH is 1. The summed E-state index contributed by atoms with van der Waals surface area (Å²) in [6, 6.07) is 0. The molecule has 0 rings (SSSR count). The molecule has 0 saturated heterocycles. The van der Waals surface area contributed by atoms with Gasteiger partial charge in [0.1, 0.15) is 19.3 Å². The van der Waals surface area contributed by atoms with Crippen LogP contribution in [0.5, 0.6) is 0 Å². The van der Waals surface area contributed by atoms with Crippen molar-refractivity contribution in [1.82, 2.24) is 0 Å². The summed E-state index contributed by atoms with van der Waals surface area (Å²) in [6.45, 7) is 11.8. The summed E-state index contributed by atoms with van der Waals surface area (Å²) in [5.74, 6) is 0.153. The number of carbonyl (C=O) groups excluding carboxylic acids is 4. The molecule has 0 aromatic carbocycles. The molecule has 19 heteroatoms. The molecule has 3 N–H and O–H groups in total. The van der Waals surface area contributed by atoms with Crippen molar-refractivity contribution in [2.24, 2.45) is 17.8 Å². The van der Waals surface area contributed by atoms with Gasteiger partial charge in [-0.15, -0.1) is 0 Å². The van der Waals surface area contributed by atoms with E-state index in [1.165, 1.54) is 167 Å². The molecule has 0 aromatic heterocycles. The van der Waals surface area contributed by atoms with E-state index in [2.05, 4.69) is 48.5 Å². The Morgan fingerprint density at radius 1 is 0.322 bits per heavy atom.